The van der Waals surface area contributed by atoms with Crippen LogP contribution in [0.5, 0.6) is 5.75 Å². The molecule has 0 amide bonds. The van der Waals surface area contributed by atoms with E-state index in [1.165, 1.54) is 18.2 Å². The summed E-state index contributed by atoms with van der Waals surface area (Å²) >= 11 is 4.24. The molecule has 0 aromatic heterocycles. The molecule has 40 heavy (non-hydrogen) atoms. The van der Waals surface area contributed by atoms with Gasteiger partial charge in [0, 0.05) is 19.0 Å². The first-order valence-electron chi connectivity index (χ1n) is 13.2. The second kappa shape index (κ2) is 10.8. The lowest BCUT2D eigenvalue weighted by Gasteiger charge is -2.30. The molecule has 3 aliphatic carbocycles. The number of rotatable bonds is 6. The minimum atomic E-state index is -4.71. The maximum Gasteiger partial charge on any atom is 0.338 e. The van der Waals surface area contributed by atoms with Gasteiger partial charge in [-0.05, 0) is 112 Å². The van der Waals surface area contributed by atoms with E-state index in [1.54, 1.807) is 12.1 Å². The highest BCUT2D eigenvalue weighted by Gasteiger charge is 2.70. The maximum atomic E-state index is 13.5. The molecule has 1 saturated heterocycles. The third-order valence-corrected chi connectivity index (χ3v) is 10.8. The summed E-state index contributed by atoms with van der Waals surface area (Å²) in [5, 5.41) is 0. The van der Waals surface area contributed by atoms with Gasteiger partial charge < -0.3 is 18.8 Å². The van der Waals surface area contributed by atoms with E-state index in [-0.39, 0.29) is 22.5 Å². The number of carbonyl (C=O) groups excluding carboxylic acids is 3. The summed E-state index contributed by atoms with van der Waals surface area (Å²) in [7, 11) is -4.71. The highest BCUT2D eigenvalue weighted by atomic mass is 127. The van der Waals surface area contributed by atoms with Gasteiger partial charge in [-0.2, -0.15) is 0 Å². The minimum absolute atomic E-state index is 0.116. The number of esters is 3. The molecule has 6 atom stereocenters. The van der Waals surface area contributed by atoms with Gasteiger partial charge in [-0.3, -0.25) is 9.59 Å². The molecule has 2 bridgehead atoms. The lowest BCUT2D eigenvalue weighted by Crippen LogP contribution is -2.44. The van der Waals surface area contributed by atoms with Crippen LogP contribution in [0.1, 0.15) is 60.4 Å². The van der Waals surface area contributed by atoms with Crippen molar-refractivity contribution in [3.63, 3.8) is 0 Å². The number of halogens is 2. The van der Waals surface area contributed by atoms with Crippen LogP contribution in [0.15, 0.2) is 41.3 Å². The van der Waals surface area contributed by atoms with Crippen LogP contribution in [-0.4, -0.2) is 43.1 Å². The molecule has 2 aromatic rings. The fraction of sp³-hybridized carbons (Fsp3) is 0.464. The fourth-order valence-corrected chi connectivity index (χ4v) is 9.75. The Morgan fingerprint density at radius 3 is 2.35 bits per heavy atom. The van der Waals surface area contributed by atoms with E-state index >= 15 is 0 Å². The molecule has 0 radical (unpaired) electrons. The van der Waals surface area contributed by atoms with E-state index in [0.717, 1.165) is 39.2 Å². The molecular formula is C28H25I2O9S-. The molecule has 1 aliphatic heterocycles. The fourth-order valence-electron chi connectivity index (χ4n) is 7.07. The lowest BCUT2D eigenvalue weighted by molar-refractivity contribution is -0.149. The summed E-state index contributed by atoms with van der Waals surface area (Å²) in [4.78, 5) is 39.1. The molecule has 0 spiro atoms. The van der Waals surface area contributed by atoms with Crippen molar-refractivity contribution in [3.8, 4) is 5.75 Å². The summed E-state index contributed by atoms with van der Waals surface area (Å²) in [5.41, 5.74) is 0.745. The topological polar surface area (TPSA) is 136 Å². The maximum absolute atomic E-state index is 13.5. The molecule has 0 N–H and O–H groups in total. The van der Waals surface area contributed by atoms with Crippen LogP contribution in [0.2, 0.25) is 0 Å². The van der Waals surface area contributed by atoms with Crippen LogP contribution in [0.3, 0.4) is 0 Å². The second-order valence-electron chi connectivity index (χ2n) is 11.0. The summed E-state index contributed by atoms with van der Waals surface area (Å²) in [5.74, 6) is -3.98. The number of hydrogen-bond acceptors (Lipinski definition) is 9. The van der Waals surface area contributed by atoms with Gasteiger partial charge in [0.2, 0.25) is 0 Å². The minimum Gasteiger partial charge on any atom is -0.744 e. The summed E-state index contributed by atoms with van der Waals surface area (Å²) in [6, 6.07) is 9.31. The van der Waals surface area contributed by atoms with Gasteiger partial charge >= 0.3 is 17.9 Å². The van der Waals surface area contributed by atoms with Crippen LogP contribution in [0, 0.1) is 30.8 Å². The zero-order valence-electron chi connectivity index (χ0n) is 21.1. The van der Waals surface area contributed by atoms with Crippen molar-refractivity contribution in [1.29, 1.82) is 0 Å². The Hall–Kier alpha value is -1.78. The van der Waals surface area contributed by atoms with Crippen molar-refractivity contribution < 1.29 is 41.6 Å². The largest absolute Gasteiger partial charge is 0.744 e. The van der Waals surface area contributed by atoms with Crippen LogP contribution in [0.25, 0.3) is 0 Å². The first-order valence-corrected chi connectivity index (χ1v) is 16.8. The molecule has 12 heteroatoms. The highest BCUT2D eigenvalue weighted by Crippen LogP contribution is 2.59. The van der Waals surface area contributed by atoms with Gasteiger partial charge in [-0.1, -0.05) is 19.3 Å². The normalized spacial score (nSPS) is 29.3. The molecule has 4 aliphatic rings. The second-order valence-corrected chi connectivity index (χ2v) is 14.8. The van der Waals surface area contributed by atoms with Crippen LogP contribution >= 0.6 is 45.2 Å². The molecule has 6 unspecified atom stereocenters. The van der Waals surface area contributed by atoms with Crippen molar-refractivity contribution >= 4 is 73.2 Å². The van der Waals surface area contributed by atoms with Crippen molar-refractivity contribution in [2.24, 2.45) is 23.7 Å². The van der Waals surface area contributed by atoms with E-state index in [9.17, 15) is 27.4 Å². The van der Waals surface area contributed by atoms with Gasteiger partial charge in [0.05, 0.1) is 22.3 Å². The molecule has 2 aromatic carbocycles. The summed E-state index contributed by atoms with van der Waals surface area (Å²) in [6.45, 7) is 0. The van der Waals surface area contributed by atoms with Gasteiger partial charge in [0.1, 0.15) is 28.1 Å². The molecule has 9 nitrogen and oxygen atoms in total. The SMILES string of the molecule is O=C(OC1C2CC3C1OC(=O)C3C2C(=O)Oc1ccc(S(=O)(=O)[O-])c(C2CCCCC2)c1)c1cc(I)cc(I)c1. The Morgan fingerprint density at radius 1 is 0.975 bits per heavy atom. The molecule has 212 valence electrons. The van der Waals surface area contributed by atoms with Crippen LogP contribution in [0.4, 0.5) is 0 Å². The van der Waals surface area contributed by atoms with Crippen molar-refractivity contribution in [3.05, 3.63) is 54.7 Å². The van der Waals surface area contributed by atoms with Gasteiger partial charge in [0.15, 0.2) is 0 Å². The summed E-state index contributed by atoms with van der Waals surface area (Å²) < 4.78 is 54.8. The number of ether oxygens (including phenoxy) is 3. The molecular weight excluding hydrogens is 766 g/mol. The van der Waals surface area contributed by atoms with Gasteiger partial charge in [-0.15, -0.1) is 0 Å². The number of carbonyl (C=O) groups is 3. The Kier molecular flexibility index (Phi) is 7.66. The highest BCUT2D eigenvalue weighted by molar-refractivity contribution is 14.1. The quantitative estimate of drug-likeness (QED) is 0.175. The average molecular weight is 791 g/mol. The predicted molar refractivity (Wildman–Crippen MR) is 155 cm³/mol. The van der Waals surface area contributed by atoms with Crippen molar-refractivity contribution in [1.82, 2.24) is 0 Å². The number of benzene rings is 2. The van der Waals surface area contributed by atoms with E-state index < -0.39 is 58.0 Å². The zero-order chi connectivity index (χ0) is 28.3. The Labute approximate surface area is 258 Å². The van der Waals surface area contributed by atoms with Gasteiger partial charge in [-0.25, -0.2) is 13.2 Å². The van der Waals surface area contributed by atoms with Crippen LogP contribution < -0.4 is 4.74 Å². The van der Waals surface area contributed by atoms with Crippen molar-refractivity contribution in [2.75, 3.05) is 0 Å². The monoisotopic (exact) mass is 791 g/mol. The molecule has 4 fully saturated rings. The van der Waals surface area contributed by atoms with E-state index in [4.69, 9.17) is 14.2 Å². The Morgan fingerprint density at radius 2 is 1.68 bits per heavy atom. The first kappa shape index (κ1) is 28.3. The van der Waals surface area contributed by atoms with E-state index in [2.05, 4.69) is 45.2 Å². The number of fused-ring (bicyclic) bond motifs is 1. The lowest BCUT2D eigenvalue weighted by atomic mass is 9.78. The van der Waals surface area contributed by atoms with E-state index in [0.29, 0.717) is 17.5 Å². The number of hydrogen-bond donors (Lipinski definition) is 0. The predicted octanol–water partition coefficient (Wildman–Crippen LogP) is 4.79. The summed E-state index contributed by atoms with van der Waals surface area (Å²) in [6.07, 6.45) is 3.48. The molecule has 6 rings (SSSR count). The zero-order valence-corrected chi connectivity index (χ0v) is 26.2. The smallest absolute Gasteiger partial charge is 0.338 e. The third kappa shape index (κ3) is 5.17. The molecule has 1 heterocycles. The average Bonchev–Trinajstić information content (AvgIpc) is 3.52. The van der Waals surface area contributed by atoms with Gasteiger partial charge in [0.25, 0.3) is 0 Å². The first-order chi connectivity index (χ1) is 19.0. The Balaban J connectivity index is 1.25. The van der Waals surface area contributed by atoms with Crippen molar-refractivity contribution in [2.45, 2.75) is 61.5 Å². The third-order valence-electron chi connectivity index (χ3n) is 8.67. The Bertz CT molecular complexity index is 1480. The van der Waals surface area contributed by atoms with E-state index in [1.807, 2.05) is 6.07 Å². The van der Waals surface area contributed by atoms with Crippen LogP contribution in [-0.2, 0) is 29.2 Å². The molecule has 3 saturated carbocycles. The standard InChI is InChI=1S/C28H26I2O9S/c29-15-8-14(9-16(30)10-15)26(31)38-24-19-12-20-23(28(33)39-25(20)24)22(19)27(32)37-17-6-7-21(40(34,35)36)18(11-17)13-4-2-1-3-5-13/h6-11,13,19-20,22-25H,1-5,12H2,(H,34,35,36)/p-1.